The smallest absolute Gasteiger partial charge is 0.326 e. The van der Waals surface area contributed by atoms with E-state index in [1.54, 1.807) is 0 Å². The second-order valence-corrected chi connectivity index (χ2v) is 7.69. The van der Waals surface area contributed by atoms with Crippen molar-refractivity contribution in [2.75, 3.05) is 11.9 Å². The summed E-state index contributed by atoms with van der Waals surface area (Å²) in [7, 11) is -4.26. The van der Waals surface area contributed by atoms with E-state index in [0.717, 1.165) is 17.7 Å². The Bertz CT molecular complexity index is 802. The second kappa shape index (κ2) is 7.98. The average Bonchev–Trinajstić information content (AvgIpc) is 3.05. The van der Waals surface area contributed by atoms with Crippen LogP contribution in [0.25, 0.3) is 0 Å². The molecule has 136 valence electrons. The second-order valence-electron chi connectivity index (χ2n) is 5.14. The molecule has 2 aromatic rings. The highest BCUT2D eigenvalue weighted by atomic mass is 32.2. The van der Waals surface area contributed by atoms with Gasteiger partial charge in [-0.05, 0) is 53.1 Å². The van der Waals surface area contributed by atoms with Gasteiger partial charge in [0, 0.05) is 12.1 Å². The number of thiophene rings is 1. The van der Waals surface area contributed by atoms with Gasteiger partial charge in [-0.15, -0.1) is 0 Å². The molecule has 0 aliphatic carbocycles. The third-order valence-corrected chi connectivity index (χ3v) is 5.28. The SMILES string of the molecule is O=C(CCc1ccsc1)Nc1ccc(S(=O)(=O)NCC(F)(F)F)cc1. The van der Waals surface area contributed by atoms with Gasteiger partial charge in [-0.2, -0.15) is 24.5 Å². The molecule has 0 aliphatic heterocycles. The molecular weight excluding hydrogens is 377 g/mol. The van der Waals surface area contributed by atoms with E-state index in [9.17, 15) is 26.4 Å². The van der Waals surface area contributed by atoms with Crippen molar-refractivity contribution in [3.63, 3.8) is 0 Å². The molecule has 0 saturated carbocycles. The summed E-state index contributed by atoms with van der Waals surface area (Å²) in [5.41, 5.74) is 1.42. The minimum absolute atomic E-state index is 0.239. The van der Waals surface area contributed by atoms with E-state index in [2.05, 4.69) is 5.32 Å². The van der Waals surface area contributed by atoms with Crippen molar-refractivity contribution in [3.8, 4) is 0 Å². The Kier molecular flexibility index (Phi) is 6.20. The van der Waals surface area contributed by atoms with Crippen LogP contribution in [0.5, 0.6) is 0 Å². The molecule has 1 aromatic heterocycles. The van der Waals surface area contributed by atoms with Crippen LogP contribution in [0, 0.1) is 0 Å². The molecule has 0 spiro atoms. The summed E-state index contributed by atoms with van der Waals surface area (Å²) in [5, 5.41) is 6.47. The van der Waals surface area contributed by atoms with Gasteiger partial charge in [0.25, 0.3) is 0 Å². The van der Waals surface area contributed by atoms with Crippen molar-refractivity contribution in [3.05, 3.63) is 46.7 Å². The molecule has 25 heavy (non-hydrogen) atoms. The van der Waals surface area contributed by atoms with Gasteiger partial charge in [0.1, 0.15) is 6.54 Å². The highest BCUT2D eigenvalue weighted by molar-refractivity contribution is 7.89. The zero-order valence-electron chi connectivity index (χ0n) is 12.8. The number of anilines is 1. The first-order valence-electron chi connectivity index (χ1n) is 7.13. The number of halogens is 3. The lowest BCUT2D eigenvalue weighted by molar-refractivity contribution is -0.121. The Morgan fingerprint density at radius 3 is 2.36 bits per heavy atom. The highest BCUT2D eigenvalue weighted by Crippen LogP contribution is 2.17. The molecule has 10 heteroatoms. The Morgan fingerprint density at radius 1 is 1.12 bits per heavy atom. The number of amides is 1. The third kappa shape index (κ3) is 6.48. The molecular formula is C15H15F3N2O3S2. The molecule has 0 atom stereocenters. The van der Waals surface area contributed by atoms with Crippen molar-refractivity contribution in [2.45, 2.75) is 23.9 Å². The fraction of sp³-hybridized carbons (Fsp3) is 0.267. The van der Waals surface area contributed by atoms with Gasteiger partial charge < -0.3 is 5.32 Å². The number of rotatable bonds is 7. The fourth-order valence-corrected chi connectivity index (χ4v) is 3.61. The van der Waals surface area contributed by atoms with Crippen molar-refractivity contribution >= 4 is 33.0 Å². The van der Waals surface area contributed by atoms with Gasteiger partial charge in [0.15, 0.2) is 0 Å². The number of carbonyl (C=O) groups excluding carboxylic acids is 1. The summed E-state index contributed by atoms with van der Waals surface area (Å²) in [6.07, 6.45) is -3.78. The Balaban J connectivity index is 1.91. The molecule has 1 aromatic carbocycles. The third-order valence-electron chi connectivity index (χ3n) is 3.13. The van der Waals surface area contributed by atoms with Crippen molar-refractivity contribution < 1.29 is 26.4 Å². The van der Waals surface area contributed by atoms with Gasteiger partial charge in [-0.3, -0.25) is 4.79 Å². The normalized spacial score (nSPS) is 12.1. The first-order chi connectivity index (χ1) is 11.7. The Hall–Kier alpha value is -1.91. The highest BCUT2D eigenvalue weighted by Gasteiger charge is 2.30. The van der Waals surface area contributed by atoms with Crippen LogP contribution < -0.4 is 10.0 Å². The van der Waals surface area contributed by atoms with Crippen LogP contribution in [0.15, 0.2) is 46.0 Å². The Morgan fingerprint density at radius 2 is 1.80 bits per heavy atom. The van der Waals surface area contributed by atoms with E-state index in [4.69, 9.17) is 0 Å². The standard InChI is InChI=1S/C15H15F3N2O3S2/c16-15(17,18)10-19-25(22,23)13-4-2-12(3-5-13)20-14(21)6-1-11-7-8-24-9-11/h2-5,7-9,19H,1,6,10H2,(H,20,21). The van der Waals surface area contributed by atoms with Crippen molar-refractivity contribution in [1.29, 1.82) is 0 Å². The van der Waals surface area contributed by atoms with Gasteiger partial charge in [-0.1, -0.05) is 0 Å². The van der Waals surface area contributed by atoms with Gasteiger partial charge >= 0.3 is 6.18 Å². The van der Waals surface area contributed by atoms with E-state index < -0.39 is 22.7 Å². The summed E-state index contributed by atoms with van der Waals surface area (Å²) in [6, 6.07) is 6.83. The van der Waals surface area contributed by atoms with E-state index >= 15 is 0 Å². The molecule has 0 aliphatic rings. The maximum atomic E-state index is 12.1. The zero-order chi connectivity index (χ0) is 18.5. The molecule has 0 radical (unpaired) electrons. The predicted octanol–water partition coefficient (Wildman–Crippen LogP) is 3.16. The number of carbonyl (C=O) groups is 1. The molecule has 5 nitrogen and oxygen atoms in total. The van der Waals surface area contributed by atoms with Crippen LogP contribution in [0.1, 0.15) is 12.0 Å². The first-order valence-corrected chi connectivity index (χ1v) is 9.56. The summed E-state index contributed by atoms with van der Waals surface area (Å²) in [4.78, 5) is 11.5. The molecule has 2 rings (SSSR count). The van der Waals surface area contributed by atoms with Crippen LogP contribution in [0.2, 0.25) is 0 Å². The number of alkyl halides is 3. The molecule has 0 bridgehead atoms. The van der Waals surface area contributed by atoms with Crippen molar-refractivity contribution in [2.24, 2.45) is 0 Å². The van der Waals surface area contributed by atoms with Gasteiger partial charge in [0.2, 0.25) is 15.9 Å². The van der Waals surface area contributed by atoms with Crippen molar-refractivity contribution in [1.82, 2.24) is 4.72 Å². The van der Waals surface area contributed by atoms with E-state index in [1.165, 1.54) is 28.2 Å². The molecule has 0 fully saturated rings. The maximum Gasteiger partial charge on any atom is 0.402 e. The summed E-state index contributed by atoms with van der Waals surface area (Å²) < 4.78 is 61.3. The summed E-state index contributed by atoms with van der Waals surface area (Å²) in [6.45, 7) is -1.64. The molecule has 2 N–H and O–H groups in total. The molecule has 0 saturated heterocycles. The quantitative estimate of drug-likeness (QED) is 0.760. The lowest BCUT2D eigenvalue weighted by Crippen LogP contribution is -2.33. The summed E-state index contributed by atoms with van der Waals surface area (Å²) >= 11 is 1.54. The van der Waals surface area contributed by atoms with Crippen LogP contribution in [0.3, 0.4) is 0 Å². The van der Waals surface area contributed by atoms with E-state index in [0.29, 0.717) is 12.1 Å². The minimum Gasteiger partial charge on any atom is -0.326 e. The van der Waals surface area contributed by atoms with Gasteiger partial charge in [-0.25, -0.2) is 13.1 Å². The van der Waals surface area contributed by atoms with Gasteiger partial charge in [0.05, 0.1) is 4.90 Å². The monoisotopic (exact) mass is 392 g/mol. The number of nitrogens with one attached hydrogen (secondary N) is 2. The number of hydrogen-bond acceptors (Lipinski definition) is 4. The lowest BCUT2D eigenvalue weighted by atomic mass is 10.2. The minimum atomic E-state index is -4.64. The zero-order valence-corrected chi connectivity index (χ0v) is 14.5. The number of sulfonamides is 1. The molecule has 1 amide bonds. The lowest BCUT2D eigenvalue weighted by Gasteiger charge is -2.10. The fourth-order valence-electron chi connectivity index (χ4n) is 1.89. The van der Waals surface area contributed by atoms with Crippen LogP contribution >= 0.6 is 11.3 Å². The number of aryl methyl sites for hydroxylation is 1. The van der Waals surface area contributed by atoms with Crippen LogP contribution in [-0.4, -0.2) is 27.0 Å². The predicted molar refractivity (Wildman–Crippen MR) is 89.0 cm³/mol. The summed E-state index contributed by atoms with van der Waals surface area (Å²) in [5.74, 6) is -0.239. The average molecular weight is 392 g/mol. The molecule has 0 unspecified atom stereocenters. The largest absolute Gasteiger partial charge is 0.402 e. The van der Waals surface area contributed by atoms with E-state index in [-0.39, 0.29) is 17.2 Å². The first kappa shape index (κ1) is 19.4. The Labute approximate surface area is 146 Å². The van der Waals surface area contributed by atoms with Crippen LogP contribution in [0.4, 0.5) is 18.9 Å². The maximum absolute atomic E-state index is 12.1. The number of hydrogen-bond donors (Lipinski definition) is 2. The molecule has 1 heterocycles. The topological polar surface area (TPSA) is 75.3 Å². The van der Waals surface area contributed by atoms with E-state index in [1.807, 2.05) is 16.8 Å². The van der Waals surface area contributed by atoms with Crippen LogP contribution in [-0.2, 0) is 21.2 Å². The number of benzene rings is 1.